The van der Waals surface area contributed by atoms with E-state index >= 15 is 0 Å². The van der Waals surface area contributed by atoms with Crippen LogP contribution in [0.4, 0.5) is 17.5 Å². The molecule has 0 saturated heterocycles. The van der Waals surface area contributed by atoms with Crippen molar-refractivity contribution in [1.29, 1.82) is 0 Å². The number of halogens is 1. The molecule has 31 heavy (non-hydrogen) atoms. The molecule has 0 radical (unpaired) electrons. The summed E-state index contributed by atoms with van der Waals surface area (Å²) < 4.78 is 30.5. The zero-order valence-corrected chi connectivity index (χ0v) is 18.8. The number of nitrogens with one attached hydrogen (secondary N) is 2. The van der Waals surface area contributed by atoms with Crippen LogP contribution in [0.1, 0.15) is 19.4 Å². The highest BCUT2D eigenvalue weighted by molar-refractivity contribution is 7.92. The van der Waals surface area contributed by atoms with Crippen molar-refractivity contribution < 1.29 is 13.2 Å². The summed E-state index contributed by atoms with van der Waals surface area (Å²) in [6.45, 7) is 3.26. The lowest BCUT2D eigenvalue weighted by Gasteiger charge is -2.15. The van der Waals surface area contributed by atoms with E-state index in [1.54, 1.807) is 51.4 Å². The summed E-state index contributed by atoms with van der Waals surface area (Å²) in [6.07, 6.45) is 3.00. The Morgan fingerprint density at radius 2 is 1.94 bits per heavy atom. The van der Waals surface area contributed by atoms with Crippen LogP contribution < -0.4 is 15.5 Å². The molecule has 0 aliphatic rings. The summed E-state index contributed by atoms with van der Waals surface area (Å²) in [5.74, 6) is 1.16. The topological polar surface area (TPSA) is 106 Å². The molecule has 1 aromatic heterocycles. The van der Waals surface area contributed by atoms with Crippen LogP contribution in [-0.4, -0.2) is 37.0 Å². The van der Waals surface area contributed by atoms with Crippen molar-refractivity contribution in [2.45, 2.75) is 24.0 Å². The number of aromatic nitrogens is 2. The third-order valence-corrected chi connectivity index (χ3v) is 6.77. The third-order valence-electron chi connectivity index (χ3n) is 4.28. The summed E-state index contributed by atoms with van der Waals surface area (Å²) in [5, 5.41) is 6.78. The molecule has 0 aliphatic heterocycles. The molecule has 3 rings (SSSR count). The van der Waals surface area contributed by atoms with E-state index in [-0.39, 0.29) is 21.7 Å². The van der Waals surface area contributed by atoms with E-state index in [4.69, 9.17) is 16.3 Å². The summed E-state index contributed by atoms with van der Waals surface area (Å²) in [4.78, 5) is 8.57. The number of hydrogen-bond donors (Lipinski definition) is 2. The van der Waals surface area contributed by atoms with Gasteiger partial charge in [-0.15, -0.1) is 0 Å². The quantitative estimate of drug-likeness (QED) is 0.377. The number of hydrogen-bond acceptors (Lipinski definition) is 8. The highest BCUT2D eigenvalue weighted by atomic mass is 35.5. The average molecular weight is 460 g/mol. The van der Waals surface area contributed by atoms with E-state index in [2.05, 4.69) is 25.8 Å². The van der Waals surface area contributed by atoms with Gasteiger partial charge in [0, 0.05) is 0 Å². The number of rotatable bonds is 8. The molecule has 0 bridgehead atoms. The summed E-state index contributed by atoms with van der Waals surface area (Å²) in [6, 6.07) is 14.0. The Kier molecular flexibility index (Phi) is 7.09. The predicted molar refractivity (Wildman–Crippen MR) is 123 cm³/mol. The van der Waals surface area contributed by atoms with Gasteiger partial charge in [-0.1, -0.05) is 35.9 Å². The Morgan fingerprint density at radius 1 is 1.16 bits per heavy atom. The maximum absolute atomic E-state index is 12.7. The first kappa shape index (κ1) is 22.5. The Morgan fingerprint density at radius 3 is 2.68 bits per heavy atom. The molecule has 1 heterocycles. The van der Waals surface area contributed by atoms with Gasteiger partial charge < -0.3 is 10.1 Å². The summed E-state index contributed by atoms with van der Waals surface area (Å²) in [7, 11) is -1.91. The van der Waals surface area contributed by atoms with Gasteiger partial charge >= 0.3 is 0 Å². The lowest BCUT2D eigenvalue weighted by molar-refractivity contribution is 0.415. The van der Waals surface area contributed by atoms with E-state index in [0.717, 1.165) is 5.56 Å². The molecule has 0 saturated carbocycles. The molecule has 0 unspecified atom stereocenters. The Labute approximate surface area is 186 Å². The average Bonchev–Trinajstić information content (AvgIpc) is 2.76. The van der Waals surface area contributed by atoms with E-state index in [0.29, 0.717) is 11.4 Å². The van der Waals surface area contributed by atoms with Crippen LogP contribution in [0.5, 0.6) is 5.75 Å². The van der Waals surface area contributed by atoms with Gasteiger partial charge in [-0.25, -0.2) is 18.8 Å². The molecule has 162 valence electrons. The van der Waals surface area contributed by atoms with Crippen molar-refractivity contribution in [2.24, 2.45) is 5.10 Å². The lowest BCUT2D eigenvalue weighted by Crippen LogP contribution is -2.15. The van der Waals surface area contributed by atoms with Gasteiger partial charge in [0.05, 0.1) is 35.4 Å². The van der Waals surface area contributed by atoms with E-state index in [9.17, 15) is 8.42 Å². The van der Waals surface area contributed by atoms with E-state index < -0.39 is 15.1 Å². The van der Waals surface area contributed by atoms with Crippen molar-refractivity contribution in [1.82, 2.24) is 9.97 Å². The van der Waals surface area contributed by atoms with Crippen molar-refractivity contribution in [3.05, 3.63) is 65.3 Å². The standard InChI is InChI=1S/C21H22ClN5O3S/c1-14(2)31(28,29)19-10-5-4-9-18(19)25-20-17(22)13-23-21(26-20)27-24-12-15-7-6-8-16(11-15)30-3/h4-14H,1-3H3,(H2,23,25,26,27)/b24-12+. The predicted octanol–water partition coefficient (Wildman–Crippen LogP) is 4.51. The van der Waals surface area contributed by atoms with Crippen molar-refractivity contribution in [2.75, 3.05) is 17.9 Å². The smallest absolute Gasteiger partial charge is 0.245 e. The van der Waals surface area contributed by atoms with Crippen molar-refractivity contribution in [3.63, 3.8) is 0 Å². The van der Waals surface area contributed by atoms with E-state index in [1.807, 2.05) is 24.3 Å². The van der Waals surface area contributed by atoms with Gasteiger partial charge in [-0.3, -0.25) is 0 Å². The van der Waals surface area contributed by atoms with Gasteiger partial charge in [0.1, 0.15) is 10.8 Å². The maximum atomic E-state index is 12.7. The molecule has 0 amide bonds. The fraction of sp³-hybridized carbons (Fsp3) is 0.190. The van der Waals surface area contributed by atoms with E-state index in [1.165, 1.54) is 6.20 Å². The van der Waals surface area contributed by atoms with Gasteiger partial charge in [0.25, 0.3) is 0 Å². The first-order valence-electron chi connectivity index (χ1n) is 9.37. The third kappa shape index (κ3) is 5.50. The lowest BCUT2D eigenvalue weighted by atomic mass is 10.2. The molecule has 10 heteroatoms. The minimum absolute atomic E-state index is 0.172. The molecule has 2 aromatic carbocycles. The number of ether oxygens (including phenoxy) is 1. The molecule has 3 aromatic rings. The SMILES string of the molecule is COc1cccc(/C=N/Nc2ncc(Cl)c(Nc3ccccc3S(=O)(=O)C(C)C)n2)c1. The maximum Gasteiger partial charge on any atom is 0.245 e. The number of anilines is 3. The highest BCUT2D eigenvalue weighted by Crippen LogP contribution is 2.30. The van der Waals surface area contributed by atoms with Crippen LogP contribution in [0, 0.1) is 0 Å². The summed E-state index contributed by atoms with van der Waals surface area (Å²) >= 11 is 6.22. The molecule has 2 N–H and O–H groups in total. The second-order valence-corrected chi connectivity index (χ2v) is 9.63. The fourth-order valence-corrected chi connectivity index (χ4v) is 3.93. The molecule has 0 fully saturated rings. The molecule has 8 nitrogen and oxygen atoms in total. The van der Waals surface area contributed by atoms with Crippen molar-refractivity contribution >= 4 is 45.1 Å². The number of hydrazone groups is 1. The fourth-order valence-electron chi connectivity index (χ4n) is 2.59. The van der Waals surface area contributed by atoms with Crippen LogP contribution in [0.15, 0.2) is 64.7 Å². The van der Waals surface area contributed by atoms with Gasteiger partial charge in [0.2, 0.25) is 5.95 Å². The van der Waals surface area contributed by atoms with Crippen LogP contribution in [-0.2, 0) is 9.84 Å². The normalized spacial score (nSPS) is 11.6. The number of sulfone groups is 1. The minimum atomic E-state index is -3.50. The molecule has 0 spiro atoms. The second-order valence-electron chi connectivity index (χ2n) is 6.75. The van der Waals surface area contributed by atoms with Gasteiger partial charge in [-0.2, -0.15) is 10.1 Å². The number of benzene rings is 2. The number of methoxy groups -OCH3 is 1. The second kappa shape index (κ2) is 9.76. The van der Waals surface area contributed by atoms with Crippen LogP contribution >= 0.6 is 11.6 Å². The molecule has 0 aliphatic carbocycles. The zero-order valence-electron chi connectivity index (χ0n) is 17.2. The molecule has 0 atom stereocenters. The Balaban J connectivity index is 1.82. The monoisotopic (exact) mass is 459 g/mol. The van der Waals surface area contributed by atoms with Crippen molar-refractivity contribution in [3.8, 4) is 5.75 Å². The van der Waals surface area contributed by atoms with Crippen LogP contribution in [0.25, 0.3) is 0 Å². The number of para-hydroxylation sites is 1. The molecular weight excluding hydrogens is 438 g/mol. The summed E-state index contributed by atoms with van der Waals surface area (Å²) in [5.41, 5.74) is 3.94. The Hall–Kier alpha value is -3.17. The highest BCUT2D eigenvalue weighted by Gasteiger charge is 2.23. The number of nitrogens with zero attached hydrogens (tertiary/aromatic N) is 3. The van der Waals surface area contributed by atoms with Crippen LogP contribution in [0.3, 0.4) is 0 Å². The van der Waals surface area contributed by atoms with Gasteiger partial charge in [0.15, 0.2) is 15.7 Å². The zero-order chi connectivity index (χ0) is 22.4. The minimum Gasteiger partial charge on any atom is -0.497 e. The largest absolute Gasteiger partial charge is 0.497 e. The Bertz CT molecular complexity index is 1200. The molecular formula is C21H22ClN5O3S. The first-order valence-corrected chi connectivity index (χ1v) is 11.3. The van der Waals surface area contributed by atoms with Gasteiger partial charge in [-0.05, 0) is 43.7 Å². The first-order chi connectivity index (χ1) is 14.8. The van der Waals surface area contributed by atoms with Crippen LogP contribution in [0.2, 0.25) is 5.02 Å².